The average Bonchev–Trinajstić information content (AvgIpc) is 2.30. The van der Waals surface area contributed by atoms with Crippen LogP contribution in [0.5, 0.6) is 0 Å². The molecule has 1 aromatic rings. The average molecular weight is 270 g/mol. The zero-order valence-electron chi connectivity index (χ0n) is 8.86. The van der Waals surface area contributed by atoms with Crippen molar-refractivity contribution in [1.29, 1.82) is 0 Å². The molecular formula is C6H14N4O6S. The zero-order valence-corrected chi connectivity index (χ0v) is 9.68. The van der Waals surface area contributed by atoms with Crippen molar-refractivity contribution in [2.45, 2.75) is 19.6 Å². The van der Waals surface area contributed by atoms with Crippen LogP contribution in [0.1, 0.15) is 6.92 Å². The Labute approximate surface area is 96.4 Å². The Morgan fingerprint density at radius 2 is 1.82 bits per heavy atom. The van der Waals surface area contributed by atoms with Crippen LogP contribution in [0, 0.1) is 0 Å². The summed E-state index contributed by atoms with van der Waals surface area (Å²) in [6, 6.07) is 0. The minimum Gasteiger partial charge on any atom is -0.391 e. The van der Waals surface area contributed by atoms with Crippen LogP contribution in [-0.2, 0) is 16.9 Å². The van der Waals surface area contributed by atoms with E-state index in [-0.39, 0.29) is 18.1 Å². The fraction of sp³-hybridized carbons (Fsp3) is 0.500. The number of hydrogen-bond acceptors (Lipinski definition) is 6. The molecule has 0 radical (unpaired) electrons. The minimum atomic E-state index is -4.67. The van der Waals surface area contributed by atoms with Gasteiger partial charge >= 0.3 is 10.4 Å². The summed E-state index contributed by atoms with van der Waals surface area (Å²) in [4.78, 5) is 10.9. The number of nitrogen functional groups attached to an aromatic ring is 2. The topological polar surface area (TPSA) is 185 Å². The number of hydrogen-bond donors (Lipinski definition) is 6. The lowest BCUT2D eigenvalue weighted by molar-refractivity contribution is 0.169. The van der Waals surface area contributed by atoms with Crippen molar-refractivity contribution < 1.29 is 22.6 Å². The number of anilines is 2. The molecular weight excluding hydrogens is 256 g/mol. The molecule has 1 aromatic heterocycles. The van der Waals surface area contributed by atoms with Gasteiger partial charge in [0.25, 0.3) is 5.56 Å². The van der Waals surface area contributed by atoms with Crippen molar-refractivity contribution in [2.75, 3.05) is 11.5 Å². The number of aromatic nitrogens is 2. The molecule has 0 amide bonds. The van der Waals surface area contributed by atoms with Crippen LogP contribution in [-0.4, -0.2) is 38.5 Å². The van der Waals surface area contributed by atoms with Gasteiger partial charge in [0.1, 0.15) is 11.5 Å². The van der Waals surface area contributed by atoms with Crippen LogP contribution in [0.15, 0.2) is 4.79 Å². The maximum Gasteiger partial charge on any atom is 0.394 e. The van der Waals surface area contributed by atoms with Gasteiger partial charge in [-0.1, -0.05) is 0 Å². The van der Waals surface area contributed by atoms with Crippen molar-refractivity contribution in [1.82, 2.24) is 9.78 Å². The summed E-state index contributed by atoms with van der Waals surface area (Å²) in [6.45, 7) is 1.83. The SMILES string of the molecule is CC(O)Cn1[nH]c(=O)c(N)c1N.O=S(=O)(O)O. The fourth-order valence-corrected chi connectivity index (χ4v) is 0.913. The molecule has 1 atom stereocenters. The fourth-order valence-electron chi connectivity index (χ4n) is 0.913. The van der Waals surface area contributed by atoms with Crippen LogP contribution in [0.3, 0.4) is 0 Å². The van der Waals surface area contributed by atoms with E-state index >= 15 is 0 Å². The largest absolute Gasteiger partial charge is 0.394 e. The normalized spacial score (nSPS) is 12.7. The van der Waals surface area contributed by atoms with Crippen molar-refractivity contribution in [3.05, 3.63) is 10.4 Å². The highest BCUT2D eigenvalue weighted by molar-refractivity contribution is 7.79. The lowest BCUT2D eigenvalue weighted by Crippen LogP contribution is -2.16. The molecule has 1 heterocycles. The molecule has 8 N–H and O–H groups in total. The first-order chi connectivity index (χ1) is 7.52. The standard InChI is InChI=1S/C6H12N4O2.H2O4S/c1-3(11)2-10-5(8)4(7)6(12)9-10;1-5(2,3)4/h3,11H,2,7-8H2,1H3,(H,9,12);(H2,1,2,3,4). The molecule has 0 bridgehead atoms. The Bertz CT molecular complexity index is 507. The van der Waals surface area contributed by atoms with E-state index in [0.29, 0.717) is 0 Å². The van der Waals surface area contributed by atoms with Gasteiger partial charge in [0.2, 0.25) is 0 Å². The highest BCUT2D eigenvalue weighted by Gasteiger charge is 2.08. The van der Waals surface area contributed by atoms with Gasteiger partial charge in [0.15, 0.2) is 0 Å². The molecule has 100 valence electrons. The van der Waals surface area contributed by atoms with Crippen molar-refractivity contribution in [3.8, 4) is 0 Å². The molecule has 10 nitrogen and oxygen atoms in total. The maximum atomic E-state index is 10.9. The molecule has 0 spiro atoms. The summed E-state index contributed by atoms with van der Waals surface area (Å²) in [6.07, 6.45) is -0.574. The number of H-pyrrole nitrogens is 1. The third-order valence-corrected chi connectivity index (χ3v) is 1.49. The van der Waals surface area contributed by atoms with E-state index in [1.165, 1.54) is 4.68 Å². The Kier molecular flexibility index (Phi) is 5.15. The summed E-state index contributed by atoms with van der Waals surface area (Å²) >= 11 is 0. The third kappa shape index (κ3) is 6.57. The van der Waals surface area contributed by atoms with Crippen molar-refractivity contribution in [2.24, 2.45) is 0 Å². The first-order valence-corrected chi connectivity index (χ1v) is 5.63. The van der Waals surface area contributed by atoms with Gasteiger partial charge in [-0.2, -0.15) is 8.42 Å². The summed E-state index contributed by atoms with van der Waals surface area (Å²) in [5.74, 6) is 0.168. The minimum absolute atomic E-state index is 0.00403. The summed E-state index contributed by atoms with van der Waals surface area (Å²) < 4.78 is 32.9. The van der Waals surface area contributed by atoms with E-state index in [2.05, 4.69) is 5.10 Å². The number of aromatic amines is 1. The molecule has 0 aliphatic heterocycles. The lowest BCUT2D eigenvalue weighted by atomic mass is 10.4. The van der Waals surface area contributed by atoms with E-state index in [1.807, 2.05) is 0 Å². The molecule has 11 heteroatoms. The van der Waals surface area contributed by atoms with Crippen LogP contribution < -0.4 is 17.0 Å². The predicted molar refractivity (Wildman–Crippen MR) is 59.7 cm³/mol. The number of rotatable bonds is 2. The Morgan fingerprint density at radius 3 is 2.06 bits per heavy atom. The molecule has 0 aliphatic carbocycles. The Balaban J connectivity index is 0.000000437. The number of aliphatic hydroxyl groups excluding tert-OH is 1. The molecule has 0 aliphatic rings. The lowest BCUT2D eigenvalue weighted by Gasteiger charge is -2.06. The predicted octanol–water partition coefficient (Wildman–Crippen LogP) is -1.93. The number of nitrogens with zero attached hydrogens (tertiary/aromatic N) is 1. The first kappa shape index (κ1) is 15.4. The van der Waals surface area contributed by atoms with Crippen LogP contribution in [0.2, 0.25) is 0 Å². The van der Waals surface area contributed by atoms with Gasteiger partial charge in [-0.05, 0) is 6.92 Å². The maximum absolute atomic E-state index is 10.9. The van der Waals surface area contributed by atoms with Gasteiger partial charge in [-0.3, -0.25) is 23.7 Å². The van der Waals surface area contributed by atoms with E-state index < -0.39 is 22.1 Å². The van der Waals surface area contributed by atoms with Gasteiger partial charge in [0.05, 0.1) is 12.6 Å². The van der Waals surface area contributed by atoms with Crippen molar-refractivity contribution >= 4 is 21.9 Å². The summed E-state index contributed by atoms with van der Waals surface area (Å²) in [7, 11) is -4.67. The van der Waals surface area contributed by atoms with E-state index in [0.717, 1.165) is 0 Å². The second-order valence-corrected chi connectivity index (χ2v) is 4.04. The second kappa shape index (κ2) is 5.67. The molecule has 1 unspecified atom stereocenters. The molecule has 0 saturated heterocycles. The quantitative estimate of drug-likeness (QED) is 0.335. The monoisotopic (exact) mass is 270 g/mol. The molecule has 17 heavy (non-hydrogen) atoms. The summed E-state index contributed by atoms with van der Waals surface area (Å²) in [5.41, 5.74) is 10.3. The van der Waals surface area contributed by atoms with Crippen LogP contribution in [0.25, 0.3) is 0 Å². The molecule has 0 aromatic carbocycles. The molecule has 0 saturated carbocycles. The van der Waals surface area contributed by atoms with Gasteiger partial charge in [0, 0.05) is 0 Å². The van der Waals surface area contributed by atoms with E-state index in [1.54, 1.807) is 6.92 Å². The zero-order chi connectivity index (χ0) is 13.8. The van der Waals surface area contributed by atoms with E-state index in [9.17, 15) is 4.79 Å². The van der Waals surface area contributed by atoms with Gasteiger partial charge in [-0.15, -0.1) is 0 Å². The number of aliphatic hydroxyl groups is 1. The smallest absolute Gasteiger partial charge is 0.391 e. The third-order valence-electron chi connectivity index (χ3n) is 1.49. The van der Waals surface area contributed by atoms with E-state index in [4.69, 9.17) is 34.1 Å². The second-order valence-electron chi connectivity index (χ2n) is 3.15. The number of nitrogens with two attached hydrogens (primary N) is 2. The van der Waals surface area contributed by atoms with Gasteiger partial charge in [-0.25, -0.2) is 0 Å². The van der Waals surface area contributed by atoms with Crippen molar-refractivity contribution in [3.63, 3.8) is 0 Å². The highest BCUT2D eigenvalue weighted by Crippen LogP contribution is 2.07. The van der Waals surface area contributed by atoms with Crippen LogP contribution in [0.4, 0.5) is 11.5 Å². The Morgan fingerprint density at radius 1 is 1.41 bits per heavy atom. The molecule has 1 rings (SSSR count). The molecule has 0 fully saturated rings. The van der Waals surface area contributed by atoms with Crippen LogP contribution >= 0.6 is 0 Å². The van der Waals surface area contributed by atoms with Gasteiger partial charge < -0.3 is 16.6 Å². The highest BCUT2D eigenvalue weighted by atomic mass is 32.3. The summed E-state index contributed by atoms with van der Waals surface area (Å²) in [5, 5.41) is 11.4. The number of nitrogens with one attached hydrogen (secondary N) is 1. The Hall–Kier alpha value is -1.56. The first-order valence-electron chi connectivity index (χ1n) is 4.24.